The van der Waals surface area contributed by atoms with Gasteiger partial charge in [0.25, 0.3) is 0 Å². The molecule has 0 spiro atoms. The fourth-order valence-electron chi connectivity index (χ4n) is 2.91. The van der Waals surface area contributed by atoms with Gasteiger partial charge < -0.3 is 10.4 Å². The number of nitrogens with one attached hydrogen (secondary N) is 1. The quantitative estimate of drug-likeness (QED) is 0.816. The summed E-state index contributed by atoms with van der Waals surface area (Å²) in [6.45, 7) is 1.18. The predicted molar refractivity (Wildman–Crippen MR) is 70.6 cm³/mol. The maximum atomic E-state index is 13.1. The van der Waals surface area contributed by atoms with Gasteiger partial charge in [-0.2, -0.15) is 0 Å². The van der Waals surface area contributed by atoms with Gasteiger partial charge in [0.05, 0.1) is 0 Å². The Hall–Kier alpha value is -1.07. The van der Waals surface area contributed by atoms with E-state index in [4.69, 9.17) is 0 Å². The molecule has 0 aromatic heterocycles. The molecular formula is C15H20F3NO. The van der Waals surface area contributed by atoms with Gasteiger partial charge in [-0.3, -0.25) is 0 Å². The number of hydrogen-bond donors (Lipinski definition) is 2. The van der Waals surface area contributed by atoms with E-state index in [-0.39, 0.29) is 6.61 Å². The molecule has 0 saturated heterocycles. The van der Waals surface area contributed by atoms with Crippen LogP contribution in [0, 0.1) is 29.3 Å². The van der Waals surface area contributed by atoms with Gasteiger partial charge in [0.1, 0.15) is 0 Å². The van der Waals surface area contributed by atoms with Crippen LogP contribution >= 0.6 is 0 Å². The van der Waals surface area contributed by atoms with Gasteiger partial charge in [0, 0.05) is 13.2 Å². The van der Waals surface area contributed by atoms with E-state index in [0.717, 1.165) is 37.8 Å². The zero-order chi connectivity index (χ0) is 14.5. The molecule has 2 N–H and O–H groups in total. The van der Waals surface area contributed by atoms with Crippen molar-refractivity contribution in [2.75, 3.05) is 13.2 Å². The Bertz CT molecular complexity index is 430. The van der Waals surface area contributed by atoms with Crippen molar-refractivity contribution in [2.24, 2.45) is 11.8 Å². The molecule has 1 saturated carbocycles. The topological polar surface area (TPSA) is 32.3 Å². The molecule has 2 atom stereocenters. The van der Waals surface area contributed by atoms with Gasteiger partial charge >= 0.3 is 0 Å². The van der Waals surface area contributed by atoms with E-state index in [2.05, 4.69) is 5.32 Å². The smallest absolute Gasteiger partial charge is 0.194 e. The highest BCUT2D eigenvalue weighted by molar-refractivity contribution is 5.19. The van der Waals surface area contributed by atoms with E-state index < -0.39 is 17.5 Å². The molecule has 0 amide bonds. The Labute approximate surface area is 117 Å². The summed E-state index contributed by atoms with van der Waals surface area (Å²) in [7, 11) is 0. The summed E-state index contributed by atoms with van der Waals surface area (Å²) in [5.74, 6) is -3.05. The van der Waals surface area contributed by atoms with Crippen LogP contribution in [-0.2, 0) is 6.54 Å². The Balaban J connectivity index is 1.86. The average molecular weight is 287 g/mol. The van der Waals surface area contributed by atoms with Gasteiger partial charge in [-0.1, -0.05) is 12.8 Å². The molecule has 2 rings (SSSR count). The Kier molecular flexibility index (Phi) is 5.43. The zero-order valence-corrected chi connectivity index (χ0v) is 11.3. The summed E-state index contributed by atoms with van der Waals surface area (Å²) in [5.41, 5.74) is 0.387. The first kappa shape index (κ1) is 15.3. The molecule has 1 aliphatic carbocycles. The van der Waals surface area contributed by atoms with Gasteiger partial charge in [0.2, 0.25) is 0 Å². The molecule has 2 nitrogen and oxygen atoms in total. The lowest BCUT2D eigenvalue weighted by Gasteiger charge is -2.30. The Morgan fingerprint density at radius 2 is 1.65 bits per heavy atom. The van der Waals surface area contributed by atoms with Crippen LogP contribution in [0.3, 0.4) is 0 Å². The van der Waals surface area contributed by atoms with Crippen LogP contribution in [0.25, 0.3) is 0 Å². The fourth-order valence-corrected chi connectivity index (χ4v) is 2.91. The van der Waals surface area contributed by atoms with Crippen molar-refractivity contribution < 1.29 is 18.3 Å². The summed E-state index contributed by atoms with van der Waals surface area (Å²) < 4.78 is 38.9. The second-order valence-corrected chi connectivity index (χ2v) is 5.49. The average Bonchev–Trinajstić information content (AvgIpc) is 2.45. The van der Waals surface area contributed by atoms with Gasteiger partial charge in [-0.05, 0) is 48.9 Å². The molecule has 5 heteroatoms. The fraction of sp³-hybridized carbons (Fsp3) is 0.600. The maximum Gasteiger partial charge on any atom is 0.194 e. The molecule has 20 heavy (non-hydrogen) atoms. The highest BCUT2D eigenvalue weighted by atomic mass is 19.2. The van der Waals surface area contributed by atoms with Crippen LogP contribution in [0.5, 0.6) is 0 Å². The first-order valence-electron chi connectivity index (χ1n) is 7.06. The van der Waals surface area contributed by atoms with Crippen LogP contribution in [-0.4, -0.2) is 18.3 Å². The lowest BCUT2D eigenvalue weighted by atomic mass is 9.79. The molecule has 112 valence electrons. The van der Waals surface area contributed by atoms with E-state index >= 15 is 0 Å². The molecule has 1 aliphatic rings. The molecule has 0 heterocycles. The minimum atomic E-state index is -1.43. The second-order valence-electron chi connectivity index (χ2n) is 5.49. The molecular weight excluding hydrogens is 267 g/mol. The summed E-state index contributed by atoms with van der Waals surface area (Å²) in [5, 5.41) is 12.5. The lowest BCUT2D eigenvalue weighted by Crippen LogP contribution is -2.32. The lowest BCUT2D eigenvalue weighted by molar-refractivity contribution is 0.133. The number of aliphatic hydroxyl groups excluding tert-OH is 1. The first-order valence-corrected chi connectivity index (χ1v) is 7.06. The summed E-state index contributed by atoms with van der Waals surface area (Å²) in [6, 6.07) is 2.02. The SMILES string of the molecule is OCC1CCCCC1CNCc1cc(F)c(F)c(F)c1. The van der Waals surface area contributed by atoms with Crippen LogP contribution < -0.4 is 5.32 Å². The molecule has 0 aliphatic heterocycles. The third-order valence-corrected chi connectivity index (χ3v) is 4.08. The van der Waals surface area contributed by atoms with E-state index in [1.54, 1.807) is 0 Å². The van der Waals surface area contributed by atoms with E-state index in [1.165, 1.54) is 0 Å². The molecule has 1 aromatic rings. The number of benzene rings is 1. The van der Waals surface area contributed by atoms with Crippen molar-refractivity contribution >= 4 is 0 Å². The Morgan fingerprint density at radius 1 is 1.05 bits per heavy atom. The minimum Gasteiger partial charge on any atom is -0.396 e. The zero-order valence-electron chi connectivity index (χ0n) is 11.3. The standard InChI is InChI=1S/C15H20F3NO/c16-13-5-10(6-14(17)15(13)18)7-19-8-11-3-1-2-4-12(11)9-20/h5-6,11-12,19-20H,1-4,7-9H2. The third kappa shape index (κ3) is 3.73. The van der Waals surface area contributed by atoms with Crippen molar-refractivity contribution in [3.63, 3.8) is 0 Å². The molecule has 0 radical (unpaired) electrons. The van der Waals surface area contributed by atoms with E-state index in [0.29, 0.717) is 30.5 Å². The Morgan fingerprint density at radius 3 is 2.25 bits per heavy atom. The largest absolute Gasteiger partial charge is 0.396 e. The first-order chi connectivity index (χ1) is 9.61. The number of rotatable bonds is 5. The number of hydrogen-bond acceptors (Lipinski definition) is 2. The predicted octanol–water partition coefficient (Wildman–Crippen LogP) is 2.99. The maximum absolute atomic E-state index is 13.1. The van der Waals surface area contributed by atoms with Crippen molar-refractivity contribution in [3.8, 4) is 0 Å². The van der Waals surface area contributed by atoms with Crippen LogP contribution in [0.2, 0.25) is 0 Å². The third-order valence-electron chi connectivity index (χ3n) is 4.08. The van der Waals surface area contributed by atoms with E-state index in [9.17, 15) is 18.3 Å². The molecule has 2 unspecified atom stereocenters. The normalized spacial score (nSPS) is 23.0. The van der Waals surface area contributed by atoms with Crippen molar-refractivity contribution in [1.82, 2.24) is 5.32 Å². The number of aliphatic hydroxyl groups is 1. The molecule has 0 bridgehead atoms. The molecule has 1 aromatic carbocycles. The van der Waals surface area contributed by atoms with Crippen LogP contribution in [0.15, 0.2) is 12.1 Å². The monoisotopic (exact) mass is 287 g/mol. The van der Waals surface area contributed by atoms with Gasteiger partial charge in [-0.25, -0.2) is 13.2 Å². The van der Waals surface area contributed by atoms with Gasteiger partial charge in [-0.15, -0.1) is 0 Å². The number of halogens is 3. The molecule has 1 fully saturated rings. The van der Waals surface area contributed by atoms with Crippen molar-refractivity contribution in [3.05, 3.63) is 35.1 Å². The summed E-state index contributed by atoms with van der Waals surface area (Å²) in [6.07, 6.45) is 4.39. The van der Waals surface area contributed by atoms with Crippen molar-refractivity contribution in [2.45, 2.75) is 32.2 Å². The summed E-state index contributed by atoms with van der Waals surface area (Å²) in [4.78, 5) is 0. The minimum absolute atomic E-state index is 0.187. The van der Waals surface area contributed by atoms with E-state index in [1.807, 2.05) is 0 Å². The highest BCUT2D eigenvalue weighted by Crippen LogP contribution is 2.29. The van der Waals surface area contributed by atoms with Gasteiger partial charge in [0.15, 0.2) is 17.5 Å². The van der Waals surface area contributed by atoms with Crippen LogP contribution in [0.1, 0.15) is 31.2 Å². The second kappa shape index (κ2) is 7.09. The highest BCUT2D eigenvalue weighted by Gasteiger charge is 2.23. The van der Waals surface area contributed by atoms with Crippen LogP contribution in [0.4, 0.5) is 13.2 Å². The van der Waals surface area contributed by atoms with Crippen molar-refractivity contribution in [1.29, 1.82) is 0 Å². The summed E-state index contributed by atoms with van der Waals surface area (Å²) >= 11 is 0.